The van der Waals surface area contributed by atoms with E-state index in [1.54, 1.807) is 6.07 Å². The third kappa shape index (κ3) is 4.49. The molecule has 0 saturated heterocycles. The van der Waals surface area contributed by atoms with Crippen molar-refractivity contribution in [2.24, 2.45) is 0 Å². The SMILES string of the molecule is FC(F)Oc1ccc(Cl)cc1CNc1cccc(I)c1. The minimum absolute atomic E-state index is 0.127. The van der Waals surface area contributed by atoms with Crippen molar-refractivity contribution in [3.63, 3.8) is 0 Å². The van der Waals surface area contributed by atoms with Gasteiger partial charge in [-0.2, -0.15) is 8.78 Å². The fourth-order valence-electron chi connectivity index (χ4n) is 1.69. The summed E-state index contributed by atoms with van der Waals surface area (Å²) in [5, 5.41) is 3.63. The molecule has 0 aliphatic heterocycles. The summed E-state index contributed by atoms with van der Waals surface area (Å²) in [7, 11) is 0. The molecule has 6 heteroatoms. The zero-order valence-corrected chi connectivity index (χ0v) is 13.2. The molecule has 0 unspecified atom stereocenters. The van der Waals surface area contributed by atoms with Gasteiger partial charge in [-0.1, -0.05) is 17.7 Å². The lowest BCUT2D eigenvalue weighted by Gasteiger charge is -2.13. The van der Waals surface area contributed by atoms with Gasteiger partial charge < -0.3 is 10.1 Å². The van der Waals surface area contributed by atoms with Gasteiger partial charge in [0.25, 0.3) is 0 Å². The third-order valence-corrected chi connectivity index (χ3v) is 3.45. The summed E-state index contributed by atoms with van der Waals surface area (Å²) >= 11 is 8.09. The highest BCUT2D eigenvalue weighted by Gasteiger charge is 2.10. The Morgan fingerprint density at radius 1 is 1.20 bits per heavy atom. The summed E-state index contributed by atoms with van der Waals surface area (Å²) in [6, 6.07) is 12.3. The predicted octanol–water partition coefficient (Wildman–Crippen LogP) is 5.16. The Morgan fingerprint density at radius 2 is 2.00 bits per heavy atom. The van der Waals surface area contributed by atoms with Crippen LogP contribution in [0.3, 0.4) is 0 Å². The first-order valence-corrected chi connectivity index (χ1v) is 7.23. The van der Waals surface area contributed by atoms with E-state index in [4.69, 9.17) is 11.6 Å². The fraction of sp³-hybridized carbons (Fsp3) is 0.143. The van der Waals surface area contributed by atoms with Crippen LogP contribution in [0.15, 0.2) is 42.5 Å². The first-order chi connectivity index (χ1) is 9.54. The van der Waals surface area contributed by atoms with Gasteiger partial charge in [-0.3, -0.25) is 0 Å². The number of hydrogen-bond donors (Lipinski definition) is 1. The van der Waals surface area contributed by atoms with Crippen LogP contribution in [-0.2, 0) is 6.54 Å². The number of halogens is 4. The molecule has 0 aliphatic rings. The van der Waals surface area contributed by atoms with Crippen LogP contribution in [0.5, 0.6) is 5.75 Å². The van der Waals surface area contributed by atoms with Crippen LogP contribution >= 0.6 is 34.2 Å². The normalized spacial score (nSPS) is 10.7. The second kappa shape index (κ2) is 7.08. The first kappa shape index (κ1) is 15.3. The first-order valence-electron chi connectivity index (χ1n) is 5.77. The molecule has 2 aromatic rings. The second-order valence-corrected chi connectivity index (χ2v) is 5.68. The van der Waals surface area contributed by atoms with E-state index in [2.05, 4.69) is 32.6 Å². The molecular formula is C14H11ClF2INO. The summed E-state index contributed by atoms with van der Waals surface area (Å²) in [6.07, 6.45) is 0. The van der Waals surface area contributed by atoms with Gasteiger partial charge in [-0.15, -0.1) is 0 Å². The Bertz CT molecular complexity index is 595. The molecule has 2 rings (SSSR count). The molecule has 1 N–H and O–H groups in total. The number of rotatable bonds is 5. The lowest BCUT2D eigenvalue weighted by Crippen LogP contribution is -2.07. The van der Waals surface area contributed by atoms with Crippen LogP contribution in [-0.4, -0.2) is 6.61 Å². The minimum atomic E-state index is -2.85. The Kier molecular flexibility index (Phi) is 5.42. The zero-order chi connectivity index (χ0) is 14.5. The van der Waals surface area contributed by atoms with Crippen LogP contribution in [0.4, 0.5) is 14.5 Å². The standard InChI is InChI=1S/C14H11ClF2INO/c15-10-4-5-13(20-14(16)17)9(6-10)8-19-12-3-1-2-11(18)7-12/h1-7,14,19H,8H2. The molecule has 0 radical (unpaired) electrons. The van der Waals surface area contributed by atoms with Gasteiger partial charge in [-0.25, -0.2) is 0 Å². The van der Waals surface area contributed by atoms with Gasteiger partial charge in [0.1, 0.15) is 5.75 Å². The Balaban J connectivity index is 2.13. The van der Waals surface area contributed by atoms with E-state index in [-0.39, 0.29) is 5.75 Å². The van der Waals surface area contributed by atoms with E-state index in [1.165, 1.54) is 12.1 Å². The van der Waals surface area contributed by atoms with Crippen LogP contribution < -0.4 is 10.1 Å². The van der Waals surface area contributed by atoms with Crippen molar-refractivity contribution in [1.29, 1.82) is 0 Å². The Hall–Kier alpha value is -1.08. The molecule has 0 saturated carbocycles. The maximum absolute atomic E-state index is 12.3. The van der Waals surface area contributed by atoms with Gasteiger partial charge in [0, 0.05) is 26.4 Å². The van der Waals surface area contributed by atoms with Crippen LogP contribution in [0.2, 0.25) is 5.02 Å². The monoisotopic (exact) mass is 409 g/mol. The van der Waals surface area contributed by atoms with E-state index in [0.717, 1.165) is 9.26 Å². The van der Waals surface area contributed by atoms with E-state index in [1.807, 2.05) is 24.3 Å². The van der Waals surface area contributed by atoms with Crippen molar-refractivity contribution in [3.05, 3.63) is 56.6 Å². The van der Waals surface area contributed by atoms with Crippen LogP contribution in [0.1, 0.15) is 5.56 Å². The van der Waals surface area contributed by atoms with Gasteiger partial charge in [0.15, 0.2) is 0 Å². The highest BCUT2D eigenvalue weighted by Crippen LogP contribution is 2.25. The number of hydrogen-bond acceptors (Lipinski definition) is 2. The molecule has 0 bridgehead atoms. The second-order valence-electron chi connectivity index (χ2n) is 3.99. The van der Waals surface area contributed by atoms with Crippen LogP contribution in [0.25, 0.3) is 0 Å². The van der Waals surface area contributed by atoms with Gasteiger partial charge in [-0.05, 0) is 59.0 Å². The largest absolute Gasteiger partial charge is 0.434 e. The van der Waals surface area contributed by atoms with Crippen molar-refractivity contribution in [2.75, 3.05) is 5.32 Å². The molecule has 0 heterocycles. The minimum Gasteiger partial charge on any atom is -0.434 e. The van der Waals surface area contributed by atoms with E-state index < -0.39 is 6.61 Å². The predicted molar refractivity (Wildman–Crippen MR) is 84.6 cm³/mol. The molecular weight excluding hydrogens is 399 g/mol. The van der Waals surface area contributed by atoms with Crippen molar-refractivity contribution in [3.8, 4) is 5.75 Å². The maximum atomic E-state index is 12.3. The molecule has 20 heavy (non-hydrogen) atoms. The molecule has 106 valence electrons. The lowest BCUT2D eigenvalue weighted by molar-refractivity contribution is -0.0504. The summed E-state index contributed by atoms with van der Waals surface area (Å²) < 4.78 is 30.2. The molecule has 0 fully saturated rings. The quantitative estimate of drug-likeness (QED) is 0.689. The smallest absolute Gasteiger partial charge is 0.387 e. The molecule has 2 aromatic carbocycles. The van der Waals surface area contributed by atoms with Crippen molar-refractivity contribution in [1.82, 2.24) is 0 Å². The maximum Gasteiger partial charge on any atom is 0.387 e. The molecule has 0 aromatic heterocycles. The van der Waals surface area contributed by atoms with E-state index in [9.17, 15) is 8.78 Å². The molecule has 2 nitrogen and oxygen atoms in total. The molecule has 0 atom stereocenters. The van der Waals surface area contributed by atoms with Crippen molar-refractivity contribution < 1.29 is 13.5 Å². The lowest BCUT2D eigenvalue weighted by atomic mass is 10.2. The topological polar surface area (TPSA) is 21.3 Å². The average molecular weight is 410 g/mol. The van der Waals surface area contributed by atoms with E-state index >= 15 is 0 Å². The summed E-state index contributed by atoms with van der Waals surface area (Å²) in [4.78, 5) is 0. The molecule has 0 spiro atoms. The number of benzene rings is 2. The Morgan fingerprint density at radius 3 is 2.70 bits per heavy atom. The van der Waals surface area contributed by atoms with Crippen molar-refractivity contribution >= 4 is 39.9 Å². The summed E-state index contributed by atoms with van der Waals surface area (Å²) in [6.45, 7) is -2.50. The van der Waals surface area contributed by atoms with Gasteiger partial charge in [0.05, 0.1) is 0 Å². The Labute approximate surface area is 134 Å². The van der Waals surface area contributed by atoms with Crippen LogP contribution in [0, 0.1) is 3.57 Å². The summed E-state index contributed by atoms with van der Waals surface area (Å²) in [5.41, 5.74) is 1.48. The molecule has 0 aliphatic carbocycles. The zero-order valence-electron chi connectivity index (χ0n) is 10.2. The average Bonchev–Trinajstić information content (AvgIpc) is 2.39. The van der Waals surface area contributed by atoms with Gasteiger partial charge >= 0.3 is 6.61 Å². The number of alkyl halides is 2. The number of ether oxygens (including phenoxy) is 1. The van der Waals surface area contributed by atoms with E-state index in [0.29, 0.717) is 17.1 Å². The highest BCUT2D eigenvalue weighted by atomic mass is 127. The summed E-state index contributed by atoms with van der Waals surface area (Å²) in [5.74, 6) is 0.127. The highest BCUT2D eigenvalue weighted by molar-refractivity contribution is 14.1. The van der Waals surface area contributed by atoms with Crippen molar-refractivity contribution in [2.45, 2.75) is 13.2 Å². The number of nitrogens with one attached hydrogen (secondary N) is 1. The fourth-order valence-corrected chi connectivity index (χ4v) is 2.43. The number of anilines is 1. The molecule has 0 amide bonds. The van der Waals surface area contributed by atoms with Gasteiger partial charge in [0.2, 0.25) is 0 Å². The third-order valence-electron chi connectivity index (χ3n) is 2.55.